The molecule has 32 heavy (non-hydrogen) atoms. The van der Waals surface area contributed by atoms with Crippen molar-refractivity contribution in [3.63, 3.8) is 0 Å². The maximum absolute atomic E-state index is 13.2. The van der Waals surface area contributed by atoms with Crippen molar-refractivity contribution in [2.24, 2.45) is 0 Å². The van der Waals surface area contributed by atoms with Crippen LogP contribution in [-0.4, -0.2) is 48.5 Å². The number of alkyl halides is 3. The maximum atomic E-state index is 13.2. The zero-order valence-electron chi connectivity index (χ0n) is 17.2. The summed E-state index contributed by atoms with van der Waals surface area (Å²) < 4.78 is 67.2. The van der Waals surface area contributed by atoms with Gasteiger partial charge in [-0.25, -0.2) is 8.42 Å². The van der Waals surface area contributed by atoms with Crippen molar-refractivity contribution < 1.29 is 26.7 Å². The number of hydrogen-bond donors (Lipinski definition) is 2. The van der Waals surface area contributed by atoms with Crippen molar-refractivity contribution in [2.75, 3.05) is 19.6 Å². The van der Waals surface area contributed by atoms with E-state index in [0.717, 1.165) is 12.1 Å². The molecule has 1 aromatic carbocycles. The molecule has 0 spiro atoms. The second-order valence-electron chi connectivity index (χ2n) is 7.92. The van der Waals surface area contributed by atoms with Gasteiger partial charge in [0.1, 0.15) is 0 Å². The molecule has 0 radical (unpaired) electrons. The van der Waals surface area contributed by atoms with E-state index in [0.29, 0.717) is 23.8 Å². The molecule has 0 aromatic heterocycles. The number of aliphatic hydroxyl groups is 1. The number of nitrogens with one attached hydrogen (secondary N) is 1. The monoisotopic (exact) mass is 485 g/mol. The number of allylic oxidation sites excluding steroid dienone is 4. The van der Waals surface area contributed by atoms with Gasteiger partial charge in [-0.15, -0.1) is 0 Å². The van der Waals surface area contributed by atoms with Crippen molar-refractivity contribution in [3.05, 3.63) is 58.5 Å². The van der Waals surface area contributed by atoms with Gasteiger partial charge in [0.2, 0.25) is 10.0 Å². The second kappa shape index (κ2) is 8.68. The van der Waals surface area contributed by atoms with Gasteiger partial charge in [0.05, 0.1) is 22.9 Å². The summed E-state index contributed by atoms with van der Waals surface area (Å²) in [5.41, 5.74) is -4.08. The molecule has 1 heterocycles. The number of nitrogens with zero attached hydrogens (tertiary/aromatic N) is 2. The Morgan fingerprint density at radius 3 is 2.53 bits per heavy atom. The third-order valence-electron chi connectivity index (χ3n) is 5.78. The first-order valence-electron chi connectivity index (χ1n) is 9.77. The van der Waals surface area contributed by atoms with Gasteiger partial charge in [0.15, 0.2) is 5.60 Å². The average molecular weight is 486 g/mol. The van der Waals surface area contributed by atoms with Gasteiger partial charge in [0, 0.05) is 30.9 Å². The van der Waals surface area contributed by atoms with Crippen LogP contribution < -0.4 is 5.32 Å². The standard InChI is InChI=1S/C21H22F3N3O3S2/c1-19(28,21(22,23)24)15-6-8-16(9-7-15)20(10-11-25)14-27(13-12-26-20)32(29,30)18-5-3-2-4-17(18)31/h2-3,5-9,26,28H,4,10,12-14H2,1H3/t19?,20-/m1/s1. The normalized spacial score (nSPS) is 24.5. The van der Waals surface area contributed by atoms with Crippen LogP contribution in [0, 0.1) is 11.3 Å². The van der Waals surface area contributed by atoms with E-state index < -0.39 is 27.3 Å². The summed E-state index contributed by atoms with van der Waals surface area (Å²) in [5, 5.41) is 22.5. The molecular weight excluding hydrogens is 463 g/mol. The van der Waals surface area contributed by atoms with Crippen LogP contribution >= 0.6 is 12.2 Å². The molecule has 2 atom stereocenters. The molecule has 6 nitrogen and oxygen atoms in total. The smallest absolute Gasteiger partial charge is 0.376 e. The van der Waals surface area contributed by atoms with Crippen LogP contribution in [0.2, 0.25) is 0 Å². The molecule has 0 saturated carbocycles. The molecule has 2 N–H and O–H groups in total. The lowest BCUT2D eigenvalue weighted by Gasteiger charge is -2.42. The van der Waals surface area contributed by atoms with Crippen molar-refractivity contribution in [3.8, 4) is 6.07 Å². The fourth-order valence-electron chi connectivity index (χ4n) is 3.78. The average Bonchev–Trinajstić information content (AvgIpc) is 2.73. The van der Waals surface area contributed by atoms with Gasteiger partial charge in [-0.05, 0) is 24.1 Å². The predicted molar refractivity (Wildman–Crippen MR) is 117 cm³/mol. The second-order valence-corrected chi connectivity index (χ2v) is 10.3. The van der Waals surface area contributed by atoms with E-state index in [1.165, 1.54) is 22.5 Å². The van der Waals surface area contributed by atoms with Gasteiger partial charge in [-0.2, -0.15) is 22.7 Å². The SMILES string of the molecule is CC(O)(c1ccc([C@@]2(CC#N)CN(S(=O)(=O)C3=CC=CCC3=S)CCN2)cc1)C(F)(F)F. The largest absolute Gasteiger partial charge is 0.421 e. The predicted octanol–water partition coefficient (Wildman–Crippen LogP) is 3.01. The third-order valence-corrected chi connectivity index (χ3v) is 8.23. The summed E-state index contributed by atoms with van der Waals surface area (Å²) in [5.74, 6) is 0. The van der Waals surface area contributed by atoms with Crippen molar-refractivity contribution >= 4 is 27.1 Å². The summed E-state index contributed by atoms with van der Waals surface area (Å²) in [7, 11) is -3.92. The van der Waals surface area contributed by atoms with Crippen molar-refractivity contribution in [1.29, 1.82) is 5.26 Å². The summed E-state index contributed by atoms with van der Waals surface area (Å²) >= 11 is 5.22. The topological polar surface area (TPSA) is 93.4 Å². The number of rotatable bonds is 5. The molecule has 1 fully saturated rings. The lowest BCUT2D eigenvalue weighted by Crippen LogP contribution is -2.59. The highest BCUT2D eigenvalue weighted by molar-refractivity contribution is 7.96. The summed E-state index contributed by atoms with van der Waals surface area (Å²) in [6, 6.07) is 7.08. The molecule has 3 rings (SSSR count). The Balaban J connectivity index is 1.96. The maximum Gasteiger partial charge on any atom is 0.421 e. The van der Waals surface area contributed by atoms with E-state index in [-0.39, 0.29) is 36.5 Å². The summed E-state index contributed by atoms with van der Waals surface area (Å²) in [4.78, 5) is 0.343. The zero-order chi connectivity index (χ0) is 23.8. The van der Waals surface area contributed by atoms with Gasteiger partial charge in [-0.3, -0.25) is 0 Å². The molecule has 1 saturated heterocycles. The van der Waals surface area contributed by atoms with Crippen molar-refractivity contribution in [1.82, 2.24) is 9.62 Å². The Bertz CT molecular complexity index is 1100. The van der Waals surface area contributed by atoms with E-state index in [4.69, 9.17) is 12.2 Å². The Kier molecular flexibility index (Phi) is 6.66. The number of sulfonamides is 1. The van der Waals surface area contributed by atoms with Gasteiger partial charge >= 0.3 is 6.18 Å². The molecular formula is C21H22F3N3O3S2. The van der Waals surface area contributed by atoms with E-state index in [1.54, 1.807) is 12.2 Å². The first-order valence-corrected chi connectivity index (χ1v) is 11.6. The molecule has 0 amide bonds. The van der Waals surface area contributed by atoms with Gasteiger partial charge < -0.3 is 10.4 Å². The number of piperazine rings is 1. The van der Waals surface area contributed by atoms with Crippen molar-refractivity contribution in [2.45, 2.75) is 37.1 Å². The van der Waals surface area contributed by atoms with Crippen LogP contribution in [0.4, 0.5) is 13.2 Å². The Morgan fingerprint density at radius 2 is 1.97 bits per heavy atom. The van der Waals surface area contributed by atoms with Crippen LogP contribution in [0.3, 0.4) is 0 Å². The first-order chi connectivity index (χ1) is 14.8. The first kappa shape index (κ1) is 24.5. The quantitative estimate of drug-likeness (QED) is 0.623. The summed E-state index contributed by atoms with van der Waals surface area (Å²) in [6.07, 6.45) is 0.194. The van der Waals surface area contributed by atoms with Crippen LogP contribution in [-0.2, 0) is 21.2 Å². The lowest BCUT2D eigenvalue weighted by atomic mass is 9.83. The molecule has 0 bridgehead atoms. The highest BCUT2D eigenvalue weighted by Crippen LogP contribution is 2.39. The van der Waals surface area contributed by atoms with Crippen LogP contribution in [0.15, 0.2) is 47.4 Å². The highest BCUT2D eigenvalue weighted by atomic mass is 32.2. The minimum absolute atomic E-state index is 0.0410. The van der Waals surface area contributed by atoms with Crippen LogP contribution in [0.25, 0.3) is 0 Å². The molecule has 1 aliphatic heterocycles. The zero-order valence-corrected chi connectivity index (χ0v) is 18.8. The molecule has 1 aliphatic carbocycles. The molecule has 2 aliphatic rings. The fraction of sp³-hybridized carbons (Fsp3) is 0.429. The van der Waals surface area contributed by atoms with Crippen LogP contribution in [0.1, 0.15) is 30.9 Å². The summed E-state index contributed by atoms with van der Waals surface area (Å²) in [6.45, 7) is 0.954. The van der Waals surface area contributed by atoms with E-state index in [2.05, 4.69) is 5.32 Å². The van der Waals surface area contributed by atoms with E-state index >= 15 is 0 Å². The van der Waals surface area contributed by atoms with Gasteiger partial charge in [-0.1, -0.05) is 48.6 Å². The molecule has 11 heteroatoms. The highest BCUT2D eigenvalue weighted by Gasteiger charge is 2.51. The molecule has 1 aromatic rings. The molecule has 1 unspecified atom stereocenters. The Morgan fingerprint density at radius 1 is 1.31 bits per heavy atom. The van der Waals surface area contributed by atoms with Gasteiger partial charge in [0.25, 0.3) is 0 Å². The number of thiocarbonyl (C=S) groups is 1. The minimum Gasteiger partial charge on any atom is -0.376 e. The van der Waals surface area contributed by atoms with E-state index in [1.807, 2.05) is 6.07 Å². The molecule has 172 valence electrons. The minimum atomic E-state index is -4.87. The lowest BCUT2D eigenvalue weighted by molar-refractivity contribution is -0.258. The Hall–Kier alpha value is -2.10. The number of nitriles is 1. The van der Waals surface area contributed by atoms with Crippen LogP contribution in [0.5, 0.6) is 0 Å². The Labute approximate surface area is 190 Å². The third kappa shape index (κ3) is 4.38. The number of benzene rings is 1. The number of hydrogen-bond acceptors (Lipinski definition) is 6. The fourth-order valence-corrected chi connectivity index (χ4v) is 5.88. The van der Waals surface area contributed by atoms with E-state index in [9.17, 15) is 32.0 Å². The number of halogens is 3.